The van der Waals surface area contributed by atoms with Crippen LogP contribution in [-0.4, -0.2) is 11.1 Å². The topological polar surface area (TPSA) is 35.3 Å². The monoisotopic (exact) mass is 463 g/mol. The third-order valence-electron chi connectivity index (χ3n) is 7.49. The van der Waals surface area contributed by atoms with Crippen molar-refractivity contribution in [1.82, 2.24) is 4.98 Å². The van der Waals surface area contributed by atoms with Gasteiger partial charge in [0.15, 0.2) is 5.58 Å². The highest BCUT2D eigenvalue weighted by Gasteiger charge is 2.32. The minimum atomic E-state index is 0.0121. The van der Waals surface area contributed by atoms with Crippen molar-refractivity contribution in [3.63, 3.8) is 0 Å². The van der Waals surface area contributed by atoms with Gasteiger partial charge in [0.05, 0.1) is 0 Å². The molecule has 3 nitrogen and oxygen atoms in total. The minimum Gasteiger partial charge on any atom is -0.489 e. The van der Waals surface area contributed by atoms with E-state index in [-0.39, 0.29) is 11.5 Å². The van der Waals surface area contributed by atoms with E-state index in [2.05, 4.69) is 96.1 Å². The van der Waals surface area contributed by atoms with Crippen LogP contribution in [0.3, 0.4) is 0 Å². The van der Waals surface area contributed by atoms with Crippen molar-refractivity contribution >= 4 is 32.7 Å². The van der Waals surface area contributed by atoms with Crippen molar-refractivity contribution in [2.45, 2.75) is 65.4 Å². The fourth-order valence-electron chi connectivity index (χ4n) is 5.66. The first-order valence-electron chi connectivity index (χ1n) is 12.8. The second-order valence-corrected chi connectivity index (χ2v) is 11.6. The van der Waals surface area contributed by atoms with Crippen LogP contribution in [0.2, 0.25) is 0 Å². The highest BCUT2D eigenvalue weighted by molar-refractivity contribution is 6.10. The molecule has 3 heterocycles. The zero-order valence-corrected chi connectivity index (χ0v) is 21.5. The van der Waals surface area contributed by atoms with Crippen molar-refractivity contribution in [3.05, 3.63) is 71.9 Å². The number of hydrogen-bond acceptors (Lipinski definition) is 3. The summed E-state index contributed by atoms with van der Waals surface area (Å²) in [5.74, 6) is 1.96. The Kier molecular flexibility index (Phi) is 4.96. The Bertz CT molecular complexity index is 1580. The van der Waals surface area contributed by atoms with Gasteiger partial charge in [-0.3, -0.25) is 4.98 Å². The normalized spacial score (nSPS) is 18.0. The van der Waals surface area contributed by atoms with Crippen LogP contribution in [0.4, 0.5) is 0 Å². The smallest absolute Gasteiger partial charge is 0.161 e. The molecule has 5 aromatic rings. The van der Waals surface area contributed by atoms with E-state index in [1.165, 1.54) is 21.9 Å². The molecule has 1 aliphatic rings. The fourth-order valence-corrected chi connectivity index (χ4v) is 5.66. The molecule has 0 amide bonds. The lowest BCUT2D eigenvalue weighted by molar-refractivity contribution is 0.182. The van der Waals surface area contributed by atoms with E-state index in [0.29, 0.717) is 11.8 Å². The van der Waals surface area contributed by atoms with Gasteiger partial charge in [0.1, 0.15) is 23.1 Å². The van der Waals surface area contributed by atoms with Crippen molar-refractivity contribution in [2.24, 2.45) is 5.92 Å². The van der Waals surface area contributed by atoms with E-state index >= 15 is 0 Å². The van der Waals surface area contributed by atoms with Crippen LogP contribution in [-0.2, 0) is 5.41 Å². The molecular weight excluding hydrogens is 430 g/mol. The number of furan rings is 1. The highest BCUT2D eigenvalue weighted by Crippen LogP contribution is 2.45. The quantitative estimate of drug-likeness (QED) is 0.268. The summed E-state index contributed by atoms with van der Waals surface area (Å²) < 4.78 is 13.0. The number of nitrogens with zero attached hydrogens (tertiary/aromatic N) is 1. The molecule has 3 heteroatoms. The number of benzene rings is 3. The summed E-state index contributed by atoms with van der Waals surface area (Å²) in [4.78, 5) is 4.82. The van der Waals surface area contributed by atoms with Crippen molar-refractivity contribution in [2.75, 3.05) is 0 Å². The molecule has 0 aliphatic carbocycles. The van der Waals surface area contributed by atoms with Crippen molar-refractivity contribution in [1.29, 1.82) is 0 Å². The Morgan fingerprint density at radius 2 is 1.74 bits per heavy atom. The van der Waals surface area contributed by atoms with Gasteiger partial charge < -0.3 is 9.15 Å². The number of pyridine rings is 1. The van der Waals surface area contributed by atoms with Crippen LogP contribution in [0.15, 0.2) is 65.2 Å². The third kappa shape index (κ3) is 3.60. The number of rotatable bonds is 3. The van der Waals surface area contributed by atoms with Gasteiger partial charge in [0.25, 0.3) is 0 Å². The lowest BCUT2D eigenvalue weighted by Gasteiger charge is -2.22. The molecule has 0 bridgehead atoms. The molecule has 178 valence electrons. The Morgan fingerprint density at radius 3 is 2.51 bits per heavy atom. The van der Waals surface area contributed by atoms with Gasteiger partial charge >= 0.3 is 0 Å². The average Bonchev–Trinajstić information content (AvgIpc) is 3.32. The van der Waals surface area contributed by atoms with E-state index in [9.17, 15) is 0 Å². The SMILES string of the molecule is CC(C)CC1Oc2cc3c(cc2C1C)oc1c(-c2cc(C(C)(C)C)c4ccccc4c2)nccc13. The minimum absolute atomic E-state index is 0.0121. The van der Waals surface area contributed by atoms with Crippen molar-refractivity contribution < 1.29 is 9.15 Å². The van der Waals surface area contributed by atoms with E-state index in [1.54, 1.807) is 0 Å². The molecule has 0 saturated carbocycles. The predicted octanol–water partition coefficient (Wildman–Crippen LogP) is 9.01. The van der Waals surface area contributed by atoms with Crippen LogP contribution in [0.1, 0.15) is 65.0 Å². The highest BCUT2D eigenvalue weighted by atomic mass is 16.5. The largest absolute Gasteiger partial charge is 0.489 e. The maximum Gasteiger partial charge on any atom is 0.161 e. The third-order valence-corrected chi connectivity index (χ3v) is 7.49. The molecule has 1 aliphatic heterocycles. The van der Waals surface area contributed by atoms with Crippen LogP contribution in [0, 0.1) is 5.92 Å². The molecule has 3 aromatic carbocycles. The Labute approximate surface area is 207 Å². The number of ether oxygens (including phenoxy) is 1. The zero-order chi connectivity index (χ0) is 24.5. The molecule has 0 fully saturated rings. The van der Waals surface area contributed by atoms with Gasteiger partial charge in [-0.15, -0.1) is 0 Å². The maximum absolute atomic E-state index is 6.55. The summed E-state index contributed by atoms with van der Waals surface area (Å²) in [5.41, 5.74) is 6.31. The summed E-state index contributed by atoms with van der Waals surface area (Å²) in [7, 11) is 0. The van der Waals surface area contributed by atoms with E-state index in [0.717, 1.165) is 45.4 Å². The molecule has 6 rings (SSSR count). The molecule has 0 saturated heterocycles. The lowest BCUT2D eigenvalue weighted by atomic mass is 9.82. The predicted molar refractivity (Wildman–Crippen MR) is 145 cm³/mol. The Morgan fingerprint density at radius 1 is 0.943 bits per heavy atom. The molecule has 35 heavy (non-hydrogen) atoms. The average molecular weight is 464 g/mol. The van der Waals surface area contributed by atoms with Crippen LogP contribution in [0.25, 0.3) is 44.0 Å². The molecule has 0 N–H and O–H groups in total. The summed E-state index contributed by atoms with van der Waals surface area (Å²) in [6, 6.07) is 19.6. The summed E-state index contributed by atoms with van der Waals surface area (Å²) >= 11 is 0. The molecule has 2 aromatic heterocycles. The van der Waals surface area contributed by atoms with Crippen molar-refractivity contribution in [3.8, 4) is 17.0 Å². The van der Waals surface area contributed by atoms with Crippen LogP contribution >= 0.6 is 0 Å². The van der Waals surface area contributed by atoms with Gasteiger partial charge in [-0.2, -0.15) is 0 Å². The van der Waals surface area contributed by atoms with E-state index < -0.39 is 0 Å². The maximum atomic E-state index is 6.55. The van der Waals surface area contributed by atoms with Gasteiger partial charge in [0, 0.05) is 34.0 Å². The zero-order valence-electron chi connectivity index (χ0n) is 21.5. The molecular formula is C32H33NO2. The van der Waals surface area contributed by atoms with Gasteiger partial charge in [-0.1, -0.05) is 65.8 Å². The summed E-state index contributed by atoms with van der Waals surface area (Å²) in [5, 5.41) is 4.69. The van der Waals surface area contributed by atoms with Crippen LogP contribution in [0.5, 0.6) is 5.75 Å². The first kappa shape index (κ1) is 22.2. The van der Waals surface area contributed by atoms with Gasteiger partial charge in [0.2, 0.25) is 0 Å². The van der Waals surface area contributed by atoms with E-state index in [1.807, 2.05) is 6.20 Å². The lowest BCUT2D eigenvalue weighted by Crippen LogP contribution is -2.18. The molecule has 2 atom stereocenters. The number of aromatic nitrogens is 1. The first-order chi connectivity index (χ1) is 16.7. The number of fused-ring (bicyclic) bond motifs is 5. The van der Waals surface area contributed by atoms with E-state index in [4.69, 9.17) is 14.1 Å². The molecule has 0 spiro atoms. The first-order valence-corrected chi connectivity index (χ1v) is 12.8. The Balaban J connectivity index is 1.54. The van der Waals surface area contributed by atoms with Crippen LogP contribution < -0.4 is 4.74 Å². The summed E-state index contributed by atoms with van der Waals surface area (Å²) in [6.45, 7) is 13.6. The number of hydrogen-bond donors (Lipinski definition) is 0. The second kappa shape index (κ2) is 7.84. The summed E-state index contributed by atoms with van der Waals surface area (Å²) in [6.07, 6.45) is 3.19. The van der Waals surface area contributed by atoms with Gasteiger partial charge in [-0.05, 0) is 64.4 Å². The molecule has 2 unspecified atom stereocenters. The Hall–Kier alpha value is -3.33. The second-order valence-electron chi connectivity index (χ2n) is 11.6. The standard InChI is InChI=1S/C32H33NO2/c1-18(2)13-27-19(3)24-16-29-25(17-28(24)34-27)23-11-12-33-30(31(23)35-29)21-14-20-9-7-8-10-22(20)26(15-21)32(4,5)6/h7-12,14-19,27H,13H2,1-6H3. The molecule has 0 radical (unpaired) electrons. The fraction of sp³-hybridized carbons (Fsp3) is 0.344. The van der Waals surface area contributed by atoms with Gasteiger partial charge in [-0.25, -0.2) is 0 Å².